The number of rotatable bonds is 43. The fraction of sp³-hybridized carbons (Fsp3) is 0.978. The van der Waals surface area contributed by atoms with Crippen LogP contribution in [0, 0.1) is 0 Å². The van der Waals surface area contributed by atoms with Gasteiger partial charge in [-0.1, -0.05) is 264 Å². The van der Waals surface area contributed by atoms with Gasteiger partial charge in [0.25, 0.3) is 0 Å². The van der Waals surface area contributed by atoms with Gasteiger partial charge in [0.2, 0.25) is 5.91 Å². The summed E-state index contributed by atoms with van der Waals surface area (Å²) in [6.45, 7) is 5.49. The van der Waals surface area contributed by atoms with Crippen molar-refractivity contribution in [3.63, 3.8) is 0 Å². The zero-order valence-electron chi connectivity index (χ0n) is 33.8. The van der Waals surface area contributed by atoms with Crippen LogP contribution in [0.4, 0.5) is 0 Å². The number of carbonyl (C=O) groups is 1. The second kappa shape index (κ2) is 44.5. The Morgan fingerprint density at radius 3 is 0.688 bits per heavy atom. The van der Waals surface area contributed by atoms with Crippen LogP contribution in [0.5, 0.6) is 0 Å². The lowest BCUT2D eigenvalue weighted by Gasteiger charge is -2.06. The Balaban J connectivity index is 3.13. The molecule has 0 heterocycles. The third-order valence-corrected chi connectivity index (χ3v) is 10.9. The first-order valence-electron chi connectivity index (χ1n) is 23.1. The van der Waals surface area contributed by atoms with Gasteiger partial charge in [0.15, 0.2) is 0 Å². The second-order valence-corrected chi connectivity index (χ2v) is 15.9. The van der Waals surface area contributed by atoms with Gasteiger partial charge in [-0.3, -0.25) is 4.79 Å². The third-order valence-electron chi connectivity index (χ3n) is 10.9. The van der Waals surface area contributed by atoms with E-state index in [1.807, 2.05) is 0 Å². The summed E-state index contributed by atoms with van der Waals surface area (Å²) in [5.41, 5.74) is 0. The summed E-state index contributed by atoms with van der Waals surface area (Å²) in [5.74, 6) is 0.282. The predicted molar refractivity (Wildman–Crippen MR) is 218 cm³/mol. The van der Waals surface area contributed by atoms with E-state index in [0.717, 1.165) is 25.8 Å². The molecule has 1 N–H and O–H groups in total. The molecule has 0 aromatic rings. The molecule has 0 bridgehead atoms. The van der Waals surface area contributed by atoms with E-state index in [1.165, 1.54) is 250 Å². The zero-order chi connectivity index (χ0) is 34.7. The van der Waals surface area contributed by atoms with Crippen LogP contribution in [0.1, 0.15) is 284 Å². The molecule has 48 heavy (non-hydrogen) atoms. The number of unbranched alkanes of at least 4 members (excludes halogenated alkanes) is 39. The summed E-state index contributed by atoms with van der Waals surface area (Å²) in [5, 5.41) is 3.16. The van der Waals surface area contributed by atoms with Gasteiger partial charge < -0.3 is 5.32 Å². The summed E-state index contributed by atoms with van der Waals surface area (Å²) in [4.78, 5) is 12.1. The maximum Gasteiger partial charge on any atom is 0.219 e. The fourth-order valence-corrected chi connectivity index (χ4v) is 7.41. The van der Waals surface area contributed by atoms with E-state index in [0.29, 0.717) is 0 Å². The van der Waals surface area contributed by atoms with E-state index in [9.17, 15) is 4.79 Å². The predicted octanol–water partition coefficient (Wildman–Crippen LogP) is 16.5. The van der Waals surface area contributed by atoms with Gasteiger partial charge in [-0.05, 0) is 12.8 Å². The Kier molecular flexibility index (Phi) is 44.0. The molecular weight excluding hydrogens is 583 g/mol. The number of hydrogen-bond acceptors (Lipinski definition) is 1. The van der Waals surface area contributed by atoms with Crippen molar-refractivity contribution in [3.05, 3.63) is 0 Å². The maximum atomic E-state index is 12.1. The molecule has 0 saturated heterocycles. The third kappa shape index (κ3) is 43.5. The monoisotopic (exact) mass is 676 g/mol. The van der Waals surface area contributed by atoms with E-state index in [1.54, 1.807) is 0 Å². The molecule has 0 atom stereocenters. The maximum absolute atomic E-state index is 12.1. The molecule has 2 heteroatoms. The van der Waals surface area contributed by atoms with Crippen LogP contribution in [0.25, 0.3) is 0 Å². The number of carbonyl (C=O) groups excluding carboxylic acids is 1. The molecule has 2 nitrogen and oxygen atoms in total. The van der Waals surface area contributed by atoms with Gasteiger partial charge >= 0.3 is 0 Å². The van der Waals surface area contributed by atoms with Gasteiger partial charge in [0.05, 0.1) is 0 Å². The molecule has 1 amide bonds. The van der Waals surface area contributed by atoms with Crippen molar-refractivity contribution < 1.29 is 4.79 Å². The number of nitrogens with one attached hydrogen (secondary N) is 1. The van der Waals surface area contributed by atoms with Gasteiger partial charge in [0, 0.05) is 13.0 Å². The lowest BCUT2D eigenvalue weighted by molar-refractivity contribution is -0.121. The lowest BCUT2D eigenvalue weighted by atomic mass is 10.0. The largest absolute Gasteiger partial charge is 0.356 e. The molecule has 0 spiro atoms. The average molecular weight is 676 g/mol. The van der Waals surface area contributed by atoms with Crippen molar-refractivity contribution in [2.75, 3.05) is 6.54 Å². The number of hydrogen-bond donors (Lipinski definition) is 1. The van der Waals surface area contributed by atoms with Crippen molar-refractivity contribution in [1.29, 1.82) is 0 Å². The van der Waals surface area contributed by atoms with Crippen LogP contribution in [-0.2, 0) is 4.79 Å². The highest BCUT2D eigenvalue weighted by Crippen LogP contribution is 2.17. The summed E-state index contributed by atoms with van der Waals surface area (Å²) in [6, 6.07) is 0. The zero-order valence-corrected chi connectivity index (χ0v) is 33.8. The molecule has 0 rings (SSSR count). The van der Waals surface area contributed by atoms with Crippen molar-refractivity contribution in [1.82, 2.24) is 5.32 Å². The highest BCUT2D eigenvalue weighted by molar-refractivity contribution is 5.75. The molecule has 0 fully saturated rings. The minimum atomic E-state index is 0.282. The molecule has 0 radical (unpaired) electrons. The van der Waals surface area contributed by atoms with Crippen molar-refractivity contribution in [2.45, 2.75) is 284 Å². The molecular formula is C46H93NO. The second-order valence-electron chi connectivity index (χ2n) is 15.9. The first-order valence-corrected chi connectivity index (χ1v) is 23.1. The van der Waals surface area contributed by atoms with Crippen LogP contribution < -0.4 is 5.32 Å². The van der Waals surface area contributed by atoms with Gasteiger partial charge in [-0.2, -0.15) is 0 Å². The molecule has 0 saturated carbocycles. The average Bonchev–Trinajstić information content (AvgIpc) is 3.09. The Bertz CT molecular complexity index is 574. The van der Waals surface area contributed by atoms with E-state index in [-0.39, 0.29) is 5.91 Å². The standard InChI is InChI=1S/C46H93NO/c1-3-5-7-9-11-13-15-17-19-21-22-23-24-25-26-27-29-31-33-35-37-39-41-43-45-47-46(48)44-42-40-38-36-34-32-30-28-20-18-16-14-12-10-8-6-4-2/h3-45H2,1-2H3,(H,47,48). The van der Waals surface area contributed by atoms with Crippen LogP contribution in [0.3, 0.4) is 0 Å². The van der Waals surface area contributed by atoms with Gasteiger partial charge in [-0.25, -0.2) is 0 Å². The Hall–Kier alpha value is -0.530. The van der Waals surface area contributed by atoms with Crippen molar-refractivity contribution >= 4 is 5.91 Å². The highest BCUT2D eigenvalue weighted by atomic mass is 16.1. The summed E-state index contributed by atoms with van der Waals surface area (Å²) >= 11 is 0. The van der Waals surface area contributed by atoms with E-state index >= 15 is 0 Å². The van der Waals surface area contributed by atoms with E-state index < -0.39 is 0 Å². The molecule has 0 aliphatic heterocycles. The van der Waals surface area contributed by atoms with Gasteiger partial charge in [0.1, 0.15) is 0 Å². The quantitative estimate of drug-likeness (QED) is 0.0640. The minimum absolute atomic E-state index is 0.282. The van der Waals surface area contributed by atoms with Crippen LogP contribution in [0.2, 0.25) is 0 Å². The lowest BCUT2D eigenvalue weighted by Crippen LogP contribution is -2.23. The van der Waals surface area contributed by atoms with E-state index in [2.05, 4.69) is 19.2 Å². The highest BCUT2D eigenvalue weighted by Gasteiger charge is 2.01. The Morgan fingerprint density at radius 2 is 0.458 bits per heavy atom. The number of amides is 1. The molecule has 0 aliphatic rings. The smallest absolute Gasteiger partial charge is 0.219 e. The summed E-state index contributed by atoms with van der Waals surface area (Å²) in [6.07, 6.45) is 58.6. The normalized spacial score (nSPS) is 11.5. The van der Waals surface area contributed by atoms with Crippen LogP contribution in [0.15, 0.2) is 0 Å². The first-order chi connectivity index (χ1) is 23.8. The molecule has 0 aliphatic carbocycles. The fourth-order valence-electron chi connectivity index (χ4n) is 7.41. The molecule has 0 aromatic heterocycles. The summed E-state index contributed by atoms with van der Waals surface area (Å²) < 4.78 is 0. The molecule has 288 valence electrons. The topological polar surface area (TPSA) is 29.1 Å². The minimum Gasteiger partial charge on any atom is -0.356 e. The van der Waals surface area contributed by atoms with Crippen molar-refractivity contribution in [2.24, 2.45) is 0 Å². The van der Waals surface area contributed by atoms with E-state index in [4.69, 9.17) is 0 Å². The van der Waals surface area contributed by atoms with Crippen LogP contribution in [-0.4, -0.2) is 12.5 Å². The molecule has 0 unspecified atom stereocenters. The van der Waals surface area contributed by atoms with Gasteiger partial charge in [-0.15, -0.1) is 0 Å². The Morgan fingerprint density at radius 1 is 0.271 bits per heavy atom. The van der Waals surface area contributed by atoms with Crippen LogP contribution >= 0.6 is 0 Å². The first kappa shape index (κ1) is 47.5. The van der Waals surface area contributed by atoms with Crippen molar-refractivity contribution in [3.8, 4) is 0 Å². The summed E-state index contributed by atoms with van der Waals surface area (Å²) in [7, 11) is 0. The SMILES string of the molecule is CCCCCCCCCCCCCCCCCCCCCCCCCCNC(=O)CCCCCCCCCCCCCCCCCCC. The Labute approximate surface area is 305 Å². The molecule has 0 aromatic carbocycles.